The van der Waals surface area contributed by atoms with Crippen LogP contribution in [0.3, 0.4) is 0 Å². The van der Waals surface area contributed by atoms with Gasteiger partial charge in [0.2, 0.25) is 11.7 Å². The molecule has 2 aromatic carbocycles. The Morgan fingerprint density at radius 2 is 1.58 bits per heavy atom. The molecule has 0 saturated heterocycles. The number of benzene rings is 2. The number of hydrogen-bond acceptors (Lipinski definition) is 5. The van der Waals surface area contributed by atoms with E-state index in [1.54, 1.807) is 40.6 Å². The summed E-state index contributed by atoms with van der Waals surface area (Å²) in [6.45, 7) is 0.552. The predicted molar refractivity (Wildman–Crippen MR) is 99.5 cm³/mol. The fraction of sp³-hybridized carbons (Fsp3) is 0.350. The molecule has 0 aromatic heterocycles. The van der Waals surface area contributed by atoms with Crippen molar-refractivity contribution in [1.82, 2.24) is 5.32 Å². The van der Waals surface area contributed by atoms with Gasteiger partial charge < -0.3 is 24.3 Å². The number of rotatable bonds is 9. The standard InChI is InChI=1S/C20H25NO5/c1-23-16-7-5-6-14(10-16)8-9-21-19(22)13-15-11-17(24-2)20(26-4)18(12-15)25-3/h5-7,10-12H,8-9,13H2,1-4H3,(H,21,22). The highest BCUT2D eigenvalue weighted by molar-refractivity contribution is 5.79. The van der Waals surface area contributed by atoms with Crippen molar-refractivity contribution >= 4 is 5.91 Å². The number of ether oxygens (including phenoxy) is 4. The van der Waals surface area contributed by atoms with Crippen molar-refractivity contribution in [2.45, 2.75) is 12.8 Å². The minimum Gasteiger partial charge on any atom is -0.497 e. The third-order valence-electron chi connectivity index (χ3n) is 3.96. The SMILES string of the molecule is COc1cccc(CCNC(=O)Cc2cc(OC)c(OC)c(OC)c2)c1. The second kappa shape index (κ2) is 9.56. The van der Waals surface area contributed by atoms with Crippen LogP contribution in [0, 0.1) is 0 Å². The van der Waals surface area contributed by atoms with Gasteiger partial charge in [-0.3, -0.25) is 4.79 Å². The molecule has 0 unspecified atom stereocenters. The van der Waals surface area contributed by atoms with Crippen LogP contribution >= 0.6 is 0 Å². The molecule has 1 N–H and O–H groups in total. The minimum absolute atomic E-state index is 0.0674. The maximum atomic E-state index is 12.2. The van der Waals surface area contributed by atoms with Crippen LogP contribution in [0.5, 0.6) is 23.0 Å². The van der Waals surface area contributed by atoms with Crippen molar-refractivity contribution in [2.75, 3.05) is 35.0 Å². The topological polar surface area (TPSA) is 66.0 Å². The molecule has 0 aliphatic rings. The first kappa shape index (κ1) is 19.4. The van der Waals surface area contributed by atoms with Crippen molar-refractivity contribution < 1.29 is 23.7 Å². The predicted octanol–water partition coefficient (Wildman–Crippen LogP) is 2.62. The summed E-state index contributed by atoms with van der Waals surface area (Å²) < 4.78 is 21.1. The molecule has 0 spiro atoms. The summed E-state index contributed by atoms with van der Waals surface area (Å²) in [4.78, 5) is 12.2. The van der Waals surface area contributed by atoms with Gasteiger partial charge in [-0.25, -0.2) is 0 Å². The summed E-state index contributed by atoms with van der Waals surface area (Å²) in [5.41, 5.74) is 1.90. The second-order valence-corrected chi connectivity index (χ2v) is 5.66. The summed E-state index contributed by atoms with van der Waals surface area (Å²) in [5.74, 6) is 2.32. The fourth-order valence-electron chi connectivity index (χ4n) is 2.66. The lowest BCUT2D eigenvalue weighted by Crippen LogP contribution is -2.27. The van der Waals surface area contributed by atoms with E-state index in [-0.39, 0.29) is 12.3 Å². The number of methoxy groups -OCH3 is 4. The molecule has 6 nitrogen and oxygen atoms in total. The summed E-state index contributed by atoms with van der Waals surface area (Å²) in [6, 6.07) is 11.4. The van der Waals surface area contributed by atoms with Crippen molar-refractivity contribution in [1.29, 1.82) is 0 Å². The molecule has 6 heteroatoms. The first-order valence-electron chi connectivity index (χ1n) is 8.29. The number of carbonyl (C=O) groups excluding carboxylic acids is 1. The molecule has 0 aliphatic heterocycles. The quantitative estimate of drug-likeness (QED) is 0.746. The Morgan fingerprint density at radius 3 is 2.15 bits per heavy atom. The third kappa shape index (κ3) is 5.05. The van der Waals surface area contributed by atoms with E-state index in [1.165, 1.54) is 0 Å². The third-order valence-corrected chi connectivity index (χ3v) is 3.96. The molecule has 0 atom stereocenters. The van der Waals surface area contributed by atoms with E-state index < -0.39 is 0 Å². The van der Waals surface area contributed by atoms with E-state index in [0.29, 0.717) is 23.8 Å². The van der Waals surface area contributed by atoms with Gasteiger partial charge in [0.1, 0.15) is 5.75 Å². The van der Waals surface area contributed by atoms with Gasteiger partial charge in [-0.15, -0.1) is 0 Å². The van der Waals surface area contributed by atoms with E-state index in [9.17, 15) is 4.79 Å². The Hall–Kier alpha value is -2.89. The molecule has 0 bridgehead atoms. The van der Waals surface area contributed by atoms with E-state index in [1.807, 2.05) is 24.3 Å². The van der Waals surface area contributed by atoms with Gasteiger partial charge in [0.25, 0.3) is 0 Å². The van der Waals surface area contributed by atoms with Crippen LogP contribution in [-0.2, 0) is 17.6 Å². The van der Waals surface area contributed by atoms with E-state index in [0.717, 1.165) is 23.3 Å². The lowest BCUT2D eigenvalue weighted by Gasteiger charge is -2.14. The molecule has 0 heterocycles. The summed E-state index contributed by atoms with van der Waals surface area (Å²) in [7, 11) is 6.29. The summed E-state index contributed by atoms with van der Waals surface area (Å²) in [6.07, 6.45) is 0.965. The summed E-state index contributed by atoms with van der Waals surface area (Å²) in [5, 5.41) is 2.93. The number of carbonyl (C=O) groups is 1. The van der Waals surface area contributed by atoms with Crippen molar-refractivity contribution in [2.24, 2.45) is 0 Å². The highest BCUT2D eigenvalue weighted by atomic mass is 16.5. The minimum atomic E-state index is -0.0674. The van der Waals surface area contributed by atoms with Gasteiger partial charge in [0.05, 0.1) is 34.9 Å². The van der Waals surface area contributed by atoms with E-state index >= 15 is 0 Å². The van der Waals surface area contributed by atoms with Crippen LogP contribution in [0.15, 0.2) is 36.4 Å². The average molecular weight is 359 g/mol. The number of nitrogens with one attached hydrogen (secondary N) is 1. The van der Waals surface area contributed by atoms with Crippen LogP contribution in [0.2, 0.25) is 0 Å². The maximum absolute atomic E-state index is 12.2. The highest BCUT2D eigenvalue weighted by Gasteiger charge is 2.14. The normalized spacial score (nSPS) is 10.2. The van der Waals surface area contributed by atoms with Crippen molar-refractivity contribution in [3.8, 4) is 23.0 Å². The van der Waals surface area contributed by atoms with E-state index in [2.05, 4.69) is 5.32 Å². The van der Waals surface area contributed by atoms with E-state index in [4.69, 9.17) is 18.9 Å². The zero-order valence-corrected chi connectivity index (χ0v) is 15.6. The Bertz CT molecular complexity index is 720. The average Bonchev–Trinajstić information content (AvgIpc) is 2.67. The fourth-order valence-corrected chi connectivity index (χ4v) is 2.66. The largest absolute Gasteiger partial charge is 0.497 e. The Balaban J connectivity index is 1.94. The molecule has 26 heavy (non-hydrogen) atoms. The van der Waals surface area contributed by atoms with Gasteiger partial charge in [0, 0.05) is 6.54 Å². The number of amides is 1. The van der Waals surface area contributed by atoms with Crippen molar-refractivity contribution in [3.63, 3.8) is 0 Å². The molecule has 140 valence electrons. The van der Waals surface area contributed by atoms with Crippen molar-refractivity contribution in [3.05, 3.63) is 47.5 Å². The monoisotopic (exact) mass is 359 g/mol. The molecule has 1 amide bonds. The number of hydrogen-bond donors (Lipinski definition) is 1. The molecule has 0 fully saturated rings. The molecule has 0 aliphatic carbocycles. The highest BCUT2D eigenvalue weighted by Crippen LogP contribution is 2.38. The zero-order chi connectivity index (χ0) is 18.9. The molecule has 0 saturated carbocycles. The van der Waals surface area contributed by atoms with Gasteiger partial charge in [-0.05, 0) is 41.8 Å². The summed E-state index contributed by atoms with van der Waals surface area (Å²) >= 11 is 0. The molecular formula is C20H25NO5. The van der Waals surface area contributed by atoms with Crippen LogP contribution in [-0.4, -0.2) is 40.9 Å². The first-order chi connectivity index (χ1) is 12.6. The molecular weight excluding hydrogens is 334 g/mol. The molecule has 2 rings (SSSR count). The van der Waals surface area contributed by atoms with Crippen LogP contribution in [0.25, 0.3) is 0 Å². The van der Waals surface area contributed by atoms with Gasteiger partial charge in [-0.1, -0.05) is 12.1 Å². The first-order valence-corrected chi connectivity index (χ1v) is 8.29. The maximum Gasteiger partial charge on any atom is 0.224 e. The lowest BCUT2D eigenvalue weighted by molar-refractivity contribution is -0.120. The molecule has 2 aromatic rings. The van der Waals surface area contributed by atoms with Gasteiger partial charge >= 0.3 is 0 Å². The van der Waals surface area contributed by atoms with Crippen LogP contribution in [0.1, 0.15) is 11.1 Å². The second-order valence-electron chi connectivity index (χ2n) is 5.66. The lowest BCUT2D eigenvalue weighted by atomic mass is 10.1. The van der Waals surface area contributed by atoms with Gasteiger partial charge in [0.15, 0.2) is 11.5 Å². The van der Waals surface area contributed by atoms with Gasteiger partial charge in [-0.2, -0.15) is 0 Å². The Morgan fingerprint density at radius 1 is 0.885 bits per heavy atom. The molecule has 0 radical (unpaired) electrons. The Labute approximate surface area is 154 Å². The Kier molecular flexibility index (Phi) is 7.14. The smallest absolute Gasteiger partial charge is 0.224 e. The van der Waals surface area contributed by atoms with Crippen LogP contribution in [0.4, 0.5) is 0 Å². The van der Waals surface area contributed by atoms with Crippen LogP contribution < -0.4 is 24.3 Å². The zero-order valence-electron chi connectivity index (χ0n) is 15.6.